The lowest BCUT2D eigenvalue weighted by atomic mass is 9.96. The molecule has 0 fully saturated rings. The Bertz CT molecular complexity index is 1290. The molecule has 1 heterocycles. The van der Waals surface area contributed by atoms with E-state index in [0.717, 1.165) is 60.0 Å². The molecule has 0 saturated carbocycles. The highest BCUT2D eigenvalue weighted by molar-refractivity contribution is 5.62. The first kappa shape index (κ1) is 27.2. The van der Waals surface area contributed by atoms with Crippen molar-refractivity contribution in [1.82, 2.24) is 14.9 Å². The standard InChI is InChI=1S/C31H38N4O3/c1-22(17-25-19-26(36)11-14-30(25)38-21-23-7-5-4-6-8-23)9-12-27(32)31-33-28-13-10-24(18-29(28)34-31)20-35(2)15-16-37-3/h4-14,19,24,36H,15-18,20-21,32H2,1-3H3,(H,33,34)/b22-9+,27-12-. The van der Waals surface area contributed by atoms with Crippen LogP contribution in [0.15, 0.2) is 72.3 Å². The second-order valence-electron chi connectivity index (χ2n) is 9.91. The molecule has 1 aromatic heterocycles. The van der Waals surface area contributed by atoms with Crippen LogP contribution in [0.3, 0.4) is 0 Å². The predicted octanol–water partition coefficient (Wildman–Crippen LogP) is 4.95. The van der Waals surface area contributed by atoms with E-state index in [4.69, 9.17) is 20.2 Å². The van der Waals surface area contributed by atoms with Crippen LogP contribution in [0.4, 0.5) is 0 Å². The molecule has 4 rings (SSSR count). The molecule has 1 unspecified atom stereocenters. The van der Waals surface area contributed by atoms with E-state index in [9.17, 15) is 5.11 Å². The van der Waals surface area contributed by atoms with Gasteiger partial charge in [-0.2, -0.15) is 0 Å². The zero-order valence-electron chi connectivity index (χ0n) is 22.5. The number of likely N-dealkylation sites (N-methyl/N-ethyl adjacent to an activating group) is 1. The summed E-state index contributed by atoms with van der Waals surface area (Å²) >= 11 is 0. The number of H-pyrrole nitrogens is 1. The van der Waals surface area contributed by atoms with E-state index in [1.807, 2.05) is 55.5 Å². The van der Waals surface area contributed by atoms with Gasteiger partial charge in [-0.1, -0.05) is 48.1 Å². The predicted molar refractivity (Wildman–Crippen MR) is 153 cm³/mol. The van der Waals surface area contributed by atoms with Gasteiger partial charge in [-0.15, -0.1) is 0 Å². The van der Waals surface area contributed by atoms with Crippen LogP contribution in [-0.2, 0) is 24.2 Å². The Labute approximate surface area is 225 Å². The molecule has 2 aromatic carbocycles. The Balaban J connectivity index is 1.39. The van der Waals surface area contributed by atoms with Gasteiger partial charge in [0.2, 0.25) is 0 Å². The lowest BCUT2D eigenvalue weighted by molar-refractivity contribution is 0.156. The molecule has 0 spiro atoms. The number of aromatic hydroxyl groups is 1. The first-order valence-corrected chi connectivity index (χ1v) is 13.0. The maximum Gasteiger partial charge on any atom is 0.154 e. The number of nitrogens with zero attached hydrogens (tertiary/aromatic N) is 2. The van der Waals surface area contributed by atoms with E-state index in [1.165, 1.54) is 0 Å². The number of imidazole rings is 1. The number of rotatable bonds is 12. The number of hydrogen-bond acceptors (Lipinski definition) is 6. The van der Waals surface area contributed by atoms with Crippen LogP contribution >= 0.6 is 0 Å². The Morgan fingerprint density at radius 3 is 2.82 bits per heavy atom. The van der Waals surface area contributed by atoms with Gasteiger partial charge in [0.05, 0.1) is 18.0 Å². The zero-order chi connectivity index (χ0) is 26.9. The molecule has 0 amide bonds. The maximum atomic E-state index is 10.1. The monoisotopic (exact) mass is 514 g/mol. The number of allylic oxidation sites excluding steroid dienone is 3. The van der Waals surface area contributed by atoms with E-state index in [2.05, 4.69) is 29.1 Å². The molecule has 200 valence electrons. The van der Waals surface area contributed by atoms with Crippen molar-refractivity contribution in [3.05, 3.63) is 101 Å². The van der Waals surface area contributed by atoms with Crippen LogP contribution in [-0.4, -0.2) is 53.8 Å². The van der Waals surface area contributed by atoms with Gasteiger partial charge in [-0.25, -0.2) is 4.98 Å². The average Bonchev–Trinajstić information content (AvgIpc) is 3.34. The summed E-state index contributed by atoms with van der Waals surface area (Å²) in [5, 5.41) is 10.1. The molecule has 0 radical (unpaired) electrons. The topological polar surface area (TPSA) is 96.6 Å². The molecule has 4 N–H and O–H groups in total. The van der Waals surface area contributed by atoms with Crippen molar-refractivity contribution >= 4 is 11.8 Å². The molecule has 0 bridgehead atoms. The number of methoxy groups -OCH3 is 1. The van der Waals surface area contributed by atoms with Crippen molar-refractivity contribution in [2.75, 3.05) is 33.9 Å². The molecule has 7 heteroatoms. The smallest absolute Gasteiger partial charge is 0.154 e. The minimum atomic E-state index is 0.215. The normalized spacial score (nSPS) is 15.6. The summed E-state index contributed by atoms with van der Waals surface area (Å²) in [6, 6.07) is 15.2. The molecule has 1 atom stereocenters. The summed E-state index contributed by atoms with van der Waals surface area (Å²) in [4.78, 5) is 10.4. The Morgan fingerprint density at radius 1 is 1.21 bits per heavy atom. The van der Waals surface area contributed by atoms with Crippen molar-refractivity contribution in [3.8, 4) is 11.5 Å². The second kappa shape index (κ2) is 13.1. The van der Waals surface area contributed by atoms with Gasteiger partial charge in [0.15, 0.2) is 5.82 Å². The summed E-state index contributed by atoms with van der Waals surface area (Å²) in [7, 11) is 3.85. The van der Waals surface area contributed by atoms with Gasteiger partial charge < -0.3 is 30.2 Å². The number of ether oxygens (including phenoxy) is 2. The molecule has 0 saturated heterocycles. The Kier molecular flexibility index (Phi) is 9.40. The van der Waals surface area contributed by atoms with Crippen molar-refractivity contribution < 1.29 is 14.6 Å². The van der Waals surface area contributed by atoms with Crippen LogP contribution in [0.2, 0.25) is 0 Å². The minimum Gasteiger partial charge on any atom is -0.508 e. The van der Waals surface area contributed by atoms with E-state index in [1.54, 1.807) is 19.2 Å². The quantitative estimate of drug-likeness (QED) is 0.296. The number of nitrogens with one attached hydrogen (secondary N) is 1. The maximum absolute atomic E-state index is 10.1. The van der Waals surface area contributed by atoms with E-state index >= 15 is 0 Å². The number of phenols is 1. The van der Waals surface area contributed by atoms with Crippen molar-refractivity contribution in [2.24, 2.45) is 11.7 Å². The summed E-state index contributed by atoms with van der Waals surface area (Å²) in [5.41, 5.74) is 12.1. The number of phenolic OH excluding ortho intramolecular Hbond substituents is 1. The summed E-state index contributed by atoms with van der Waals surface area (Å²) in [5.74, 6) is 2.07. The molecular weight excluding hydrogens is 476 g/mol. The van der Waals surface area contributed by atoms with E-state index in [-0.39, 0.29) is 5.75 Å². The van der Waals surface area contributed by atoms with Crippen LogP contribution in [0, 0.1) is 5.92 Å². The molecular formula is C31H38N4O3. The first-order chi connectivity index (χ1) is 18.4. The lowest BCUT2D eigenvalue weighted by Crippen LogP contribution is -2.29. The second-order valence-corrected chi connectivity index (χ2v) is 9.91. The largest absolute Gasteiger partial charge is 0.508 e. The lowest BCUT2D eigenvalue weighted by Gasteiger charge is -2.23. The van der Waals surface area contributed by atoms with Crippen molar-refractivity contribution in [2.45, 2.75) is 26.4 Å². The Hall–Kier alpha value is -3.81. The van der Waals surface area contributed by atoms with Crippen LogP contribution < -0.4 is 10.5 Å². The zero-order valence-corrected chi connectivity index (χ0v) is 22.5. The number of benzene rings is 2. The van der Waals surface area contributed by atoms with Crippen molar-refractivity contribution in [1.29, 1.82) is 0 Å². The van der Waals surface area contributed by atoms with Gasteiger partial charge in [0.1, 0.15) is 18.1 Å². The summed E-state index contributed by atoms with van der Waals surface area (Å²) in [6.45, 7) is 5.11. The fourth-order valence-electron chi connectivity index (χ4n) is 4.53. The number of aromatic nitrogens is 2. The van der Waals surface area contributed by atoms with E-state index < -0.39 is 0 Å². The number of nitrogens with two attached hydrogens (primary N) is 1. The van der Waals surface area contributed by atoms with Gasteiger partial charge in [-0.3, -0.25) is 0 Å². The fourth-order valence-corrected chi connectivity index (χ4v) is 4.53. The number of fused-ring (bicyclic) bond motifs is 1. The van der Waals surface area contributed by atoms with Gasteiger partial charge >= 0.3 is 0 Å². The van der Waals surface area contributed by atoms with Crippen LogP contribution in [0.1, 0.15) is 35.3 Å². The highest BCUT2D eigenvalue weighted by Crippen LogP contribution is 2.27. The van der Waals surface area contributed by atoms with E-state index in [0.29, 0.717) is 30.5 Å². The van der Waals surface area contributed by atoms with Gasteiger partial charge in [0.25, 0.3) is 0 Å². The highest BCUT2D eigenvalue weighted by atomic mass is 16.5. The third kappa shape index (κ3) is 7.60. The molecule has 1 aliphatic rings. The highest BCUT2D eigenvalue weighted by Gasteiger charge is 2.19. The first-order valence-electron chi connectivity index (χ1n) is 13.0. The molecule has 0 aliphatic heterocycles. The Morgan fingerprint density at radius 2 is 2.03 bits per heavy atom. The minimum absolute atomic E-state index is 0.215. The van der Waals surface area contributed by atoms with Gasteiger partial charge in [-0.05, 0) is 68.6 Å². The summed E-state index contributed by atoms with van der Waals surface area (Å²) < 4.78 is 11.2. The van der Waals surface area contributed by atoms with Crippen LogP contribution in [0.25, 0.3) is 11.8 Å². The molecule has 1 aliphatic carbocycles. The van der Waals surface area contributed by atoms with Crippen molar-refractivity contribution in [3.63, 3.8) is 0 Å². The van der Waals surface area contributed by atoms with Crippen LogP contribution in [0.5, 0.6) is 11.5 Å². The summed E-state index contributed by atoms with van der Waals surface area (Å²) in [6.07, 6.45) is 9.71. The SMILES string of the molecule is COCCN(C)CC1C=Cc2nc(/C(N)=C/C=C(\C)Cc3cc(O)ccc3OCc3ccccc3)[nH]c2C1. The number of aromatic amines is 1. The third-order valence-corrected chi connectivity index (χ3v) is 6.60. The molecule has 3 aromatic rings. The van der Waals surface area contributed by atoms with Gasteiger partial charge in [0, 0.05) is 31.5 Å². The fraction of sp³-hybridized carbons (Fsp3) is 0.323. The molecule has 38 heavy (non-hydrogen) atoms. The number of hydrogen-bond donors (Lipinski definition) is 3. The average molecular weight is 515 g/mol. The third-order valence-electron chi connectivity index (χ3n) is 6.60. The molecule has 7 nitrogen and oxygen atoms in total.